The molecule has 1 aliphatic rings. The Hall–Kier alpha value is -2.94. The van der Waals surface area contributed by atoms with Gasteiger partial charge in [0.2, 0.25) is 10.0 Å². The van der Waals surface area contributed by atoms with E-state index in [1.54, 1.807) is 6.92 Å². The van der Waals surface area contributed by atoms with Gasteiger partial charge in [-0.25, -0.2) is 8.42 Å². The second-order valence-corrected chi connectivity index (χ2v) is 10.5. The molecule has 1 aromatic heterocycles. The second-order valence-electron chi connectivity index (χ2n) is 8.49. The van der Waals surface area contributed by atoms with E-state index in [0.29, 0.717) is 31.8 Å². The zero-order valence-electron chi connectivity index (χ0n) is 19.3. The number of nitrogens with one attached hydrogen (secondary N) is 2. The third kappa shape index (κ3) is 5.35. The van der Waals surface area contributed by atoms with Gasteiger partial charge in [0, 0.05) is 61.9 Å². The number of benzene rings is 2. The molecule has 2 heterocycles. The van der Waals surface area contributed by atoms with Gasteiger partial charge in [-0.2, -0.15) is 4.31 Å². The summed E-state index contributed by atoms with van der Waals surface area (Å²) in [4.78, 5) is 18.2. The molecule has 2 aromatic carbocycles. The molecule has 0 bridgehead atoms. The number of hydrogen-bond donors (Lipinski definition) is 2. The highest BCUT2D eigenvalue weighted by atomic mass is 32.2. The fourth-order valence-electron chi connectivity index (χ4n) is 4.28. The van der Waals surface area contributed by atoms with E-state index in [4.69, 9.17) is 0 Å². The van der Waals surface area contributed by atoms with Gasteiger partial charge in [0.1, 0.15) is 0 Å². The molecule has 1 aliphatic heterocycles. The highest BCUT2D eigenvalue weighted by Crippen LogP contribution is 2.27. The van der Waals surface area contributed by atoms with E-state index in [1.165, 1.54) is 10.6 Å². The van der Waals surface area contributed by atoms with Crippen molar-refractivity contribution < 1.29 is 13.2 Å². The van der Waals surface area contributed by atoms with Crippen molar-refractivity contribution in [3.05, 3.63) is 65.4 Å². The number of allylic oxidation sites excluding steroid dienone is 1. The molecule has 4 rings (SSSR count). The number of nitrogens with zero attached hydrogens (tertiary/aromatic N) is 2. The number of piperazine rings is 1. The Morgan fingerprint density at radius 1 is 1.09 bits per heavy atom. The highest BCUT2D eigenvalue weighted by molar-refractivity contribution is 7.88. The number of carbonyl (C=O) groups is 1. The fraction of sp³-hybridized carbons (Fsp3) is 0.320. The lowest BCUT2D eigenvalue weighted by Gasteiger charge is -2.33. The van der Waals surface area contributed by atoms with Gasteiger partial charge in [-0.3, -0.25) is 9.69 Å². The maximum Gasteiger partial charge on any atom is 0.211 e. The van der Waals surface area contributed by atoms with Gasteiger partial charge in [-0.05, 0) is 48.4 Å². The summed E-state index contributed by atoms with van der Waals surface area (Å²) in [6.07, 6.45) is 3.18. The monoisotopic (exact) mass is 466 g/mol. The molecule has 33 heavy (non-hydrogen) atoms. The number of fused-ring (bicyclic) bond motifs is 1. The number of para-hydroxylation sites is 1. The van der Waals surface area contributed by atoms with Crippen LogP contribution in [-0.2, 0) is 21.4 Å². The third-order valence-electron chi connectivity index (χ3n) is 6.09. The quantitative estimate of drug-likeness (QED) is 0.521. The molecule has 1 fully saturated rings. The summed E-state index contributed by atoms with van der Waals surface area (Å²) in [5.41, 5.74) is 5.48. The molecule has 174 valence electrons. The van der Waals surface area contributed by atoms with E-state index >= 15 is 0 Å². The average molecular weight is 467 g/mol. The molecule has 0 atom stereocenters. The number of hydrogen-bond acceptors (Lipinski definition) is 5. The summed E-state index contributed by atoms with van der Waals surface area (Å²) in [5, 5.41) is 4.22. The Morgan fingerprint density at radius 2 is 1.82 bits per heavy atom. The van der Waals surface area contributed by atoms with Crippen LogP contribution in [0.25, 0.3) is 22.6 Å². The lowest BCUT2D eigenvalue weighted by Crippen LogP contribution is -2.47. The summed E-state index contributed by atoms with van der Waals surface area (Å²) >= 11 is 0. The number of aromatic nitrogens is 1. The van der Waals surface area contributed by atoms with Gasteiger partial charge in [0.15, 0.2) is 5.78 Å². The lowest BCUT2D eigenvalue weighted by molar-refractivity contribution is -0.111. The Morgan fingerprint density at radius 3 is 2.48 bits per heavy atom. The molecule has 0 saturated carbocycles. The first-order valence-corrected chi connectivity index (χ1v) is 12.9. The number of H-pyrrole nitrogens is 1. The number of anilines is 1. The average Bonchev–Trinajstić information content (AvgIpc) is 3.20. The molecule has 2 N–H and O–H groups in total. The molecular formula is C25H30N4O3S. The standard InChI is InChI=1S/C25H30N4O3S/c1-18(30)22(15-20-6-4-5-7-23(20)26-2)25-16-21-14-19(8-9-24(21)27-25)17-28-10-12-29(13-11-28)33(3,31)32/h4-9,14-16,26-27H,10-13,17H2,1-3H3/b22-15+. The first-order valence-electron chi connectivity index (χ1n) is 11.0. The van der Waals surface area contributed by atoms with Gasteiger partial charge in [-0.1, -0.05) is 24.3 Å². The van der Waals surface area contributed by atoms with E-state index in [0.717, 1.165) is 40.0 Å². The molecule has 0 aliphatic carbocycles. The number of rotatable bonds is 7. The number of ketones is 1. The van der Waals surface area contributed by atoms with E-state index in [2.05, 4.69) is 27.3 Å². The molecule has 7 nitrogen and oxygen atoms in total. The Kier molecular flexibility index (Phi) is 6.69. The lowest BCUT2D eigenvalue weighted by atomic mass is 10.0. The number of aromatic amines is 1. The van der Waals surface area contributed by atoms with Crippen LogP contribution < -0.4 is 5.32 Å². The molecule has 0 amide bonds. The van der Waals surface area contributed by atoms with Crippen molar-refractivity contribution in [2.75, 3.05) is 44.8 Å². The normalized spacial score (nSPS) is 16.3. The zero-order chi connectivity index (χ0) is 23.6. The molecule has 0 radical (unpaired) electrons. The summed E-state index contributed by atoms with van der Waals surface area (Å²) in [5.74, 6) is -0.00330. The Labute approximate surface area is 195 Å². The molecule has 8 heteroatoms. The molecule has 3 aromatic rings. The van der Waals surface area contributed by atoms with Gasteiger partial charge >= 0.3 is 0 Å². The van der Waals surface area contributed by atoms with E-state index < -0.39 is 10.0 Å². The van der Waals surface area contributed by atoms with Crippen molar-refractivity contribution in [1.29, 1.82) is 0 Å². The zero-order valence-corrected chi connectivity index (χ0v) is 20.1. The van der Waals surface area contributed by atoms with E-state index in [1.807, 2.05) is 49.5 Å². The fourth-order valence-corrected chi connectivity index (χ4v) is 5.10. The first kappa shape index (κ1) is 23.2. The van der Waals surface area contributed by atoms with Crippen LogP contribution >= 0.6 is 0 Å². The van der Waals surface area contributed by atoms with Crippen molar-refractivity contribution in [2.45, 2.75) is 13.5 Å². The van der Waals surface area contributed by atoms with Crippen LogP contribution in [-0.4, -0.2) is 67.9 Å². The van der Waals surface area contributed by atoms with Crippen molar-refractivity contribution in [3.63, 3.8) is 0 Å². The largest absolute Gasteiger partial charge is 0.388 e. The molecular weight excluding hydrogens is 436 g/mol. The van der Waals surface area contributed by atoms with Crippen molar-refractivity contribution in [2.24, 2.45) is 0 Å². The number of carbonyl (C=O) groups excluding carboxylic acids is 1. The molecule has 1 saturated heterocycles. The minimum atomic E-state index is -3.12. The van der Waals surface area contributed by atoms with Crippen molar-refractivity contribution in [3.8, 4) is 0 Å². The van der Waals surface area contributed by atoms with Crippen molar-refractivity contribution in [1.82, 2.24) is 14.2 Å². The molecule has 0 unspecified atom stereocenters. The van der Waals surface area contributed by atoms with Gasteiger partial charge < -0.3 is 10.3 Å². The Balaban J connectivity index is 1.56. The number of sulfonamides is 1. The van der Waals surface area contributed by atoms with Gasteiger partial charge in [0.05, 0.1) is 11.9 Å². The van der Waals surface area contributed by atoms with Crippen molar-refractivity contribution >= 4 is 44.0 Å². The summed E-state index contributed by atoms with van der Waals surface area (Å²) < 4.78 is 25.0. The summed E-state index contributed by atoms with van der Waals surface area (Å²) in [6.45, 7) is 4.82. The first-order chi connectivity index (χ1) is 15.7. The SMILES string of the molecule is CNc1ccccc1/C=C(\C(C)=O)c1cc2cc(CN3CCN(S(C)(=O)=O)CC3)ccc2[nH]1. The number of Topliss-reactive ketones (excluding diaryl/α,β-unsaturated/α-hetero) is 1. The predicted octanol–water partition coefficient (Wildman–Crippen LogP) is 3.42. The van der Waals surface area contributed by atoms with Crippen LogP contribution in [0.4, 0.5) is 5.69 Å². The second kappa shape index (κ2) is 9.51. The third-order valence-corrected chi connectivity index (χ3v) is 7.39. The van der Waals surface area contributed by atoms with Gasteiger partial charge in [0.25, 0.3) is 0 Å². The molecule has 0 spiro atoms. The van der Waals surface area contributed by atoms with Crippen LogP contribution in [0, 0.1) is 0 Å². The van der Waals surface area contributed by atoms with Crippen LogP contribution in [0.2, 0.25) is 0 Å². The summed E-state index contributed by atoms with van der Waals surface area (Å²) in [6, 6.07) is 16.2. The topological polar surface area (TPSA) is 85.5 Å². The van der Waals surface area contributed by atoms with Crippen LogP contribution in [0.1, 0.15) is 23.7 Å². The minimum Gasteiger partial charge on any atom is -0.388 e. The summed E-state index contributed by atoms with van der Waals surface area (Å²) in [7, 11) is -1.26. The minimum absolute atomic E-state index is 0.00330. The van der Waals surface area contributed by atoms with Crippen LogP contribution in [0.3, 0.4) is 0 Å². The predicted molar refractivity (Wildman–Crippen MR) is 135 cm³/mol. The van der Waals surface area contributed by atoms with Crippen LogP contribution in [0.5, 0.6) is 0 Å². The smallest absolute Gasteiger partial charge is 0.211 e. The van der Waals surface area contributed by atoms with E-state index in [9.17, 15) is 13.2 Å². The Bertz CT molecular complexity index is 1300. The maximum absolute atomic E-state index is 12.5. The maximum atomic E-state index is 12.5. The van der Waals surface area contributed by atoms with E-state index in [-0.39, 0.29) is 5.78 Å². The highest BCUT2D eigenvalue weighted by Gasteiger charge is 2.23. The van der Waals surface area contributed by atoms with Gasteiger partial charge in [-0.15, -0.1) is 0 Å². The van der Waals surface area contributed by atoms with Crippen LogP contribution in [0.15, 0.2) is 48.5 Å².